The first-order chi connectivity index (χ1) is 8.15. The number of halogens is 1. The molecular formula is C14H22FNO. The van der Waals surface area contributed by atoms with E-state index in [0.717, 1.165) is 12.8 Å². The molecule has 0 fully saturated rings. The number of ether oxygens (including phenoxy) is 1. The van der Waals surface area contributed by atoms with Gasteiger partial charge in [-0.2, -0.15) is 0 Å². The van der Waals surface area contributed by atoms with E-state index >= 15 is 0 Å². The van der Waals surface area contributed by atoms with Crippen molar-refractivity contribution >= 4 is 0 Å². The summed E-state index contributed by atoms with van der Waals surface area (Å²) >= 11 is 0. The molecule has 0 saturated heterocycles. The Bertz CT molecular complexity index is 354. The zero-order valence-electron chi connectivity index (χ0n) is 11.1. The minimum atomic E-state index is -0.252. The van der Waals surface area contributed by atoms with Crippen LogP contribution in [0.4, 0.5) is 4.39 Å². The van der Waals surface area contributed by atoms with Gasteiger partial charge in [0.05, 0.1) is 7.11 Å². The molecule has 1 aromatic rings. The molecule has 2 atom stereocenters. The van der Waals surface area contributed by atoms with Crippen molar-refractivity contribution in [1.82, 2.24) is 5.32 Å². The lowest BCUT2D eigenvalue weighted by Gasteiger charge is -2.24. The van der Waals surface area contributed by atoms with Crippen LogP contribution in [0.3, 0.4) is 0 Å². The summed E-state index contributed by atoms with van der Waals surface area (Å²) in [5.41, 5.74) is 0.688. The molecule has 1 aromatic carbocycles. The number of methoxy groups -OCH3 is 1. The van der Waals surface area contributed by atoms with E-state index in [0.29, 0.717) is 17.2 Å². The van der Waals surface area contributed by atoms with E-state index in [9.17, 15) is 4.39 Å². The molecule has 0 amide bonds. The van der Waals surface area contributed by atoms with Gasteiger partial charge in [0, 0.05) is 11.6 Å². The van der Waals surface area contributed by atoms with Crippen LogP contribution >= 0.6 is 0 Å². The standard InChI is InChI=1S/C14H22FNO/c1-5-7-10(2)14(16-3)11-8-6-9-12(17-4)13(11)15/h6,8-10,14,16H,5,7H2,1-4H3. The molecule has 1 N–H and O–H groups in total. The normalized spacial score (nSPS) is 14.4. The zero-order chi connectivity index (χ0) is 12.8. The zero-order valence-corrected chi connectivity index (χ0v) is 11.1. The molecule has 0 radical (unpaired) electrons. The Morgan fingerprint density at radius 2 is 2.12 bits per heavy atom. The Morgan fingerprint density at radius 3 is 2.65 bits per heavy atom. The van der Waals surface area contributed by atoms with Crippen LogP contribution in [0.15, 0.2) is 18.2 Å². The molecule has 0 spiro atoms. The molecule has 0 aliphatic carbocycles. The summed E-state index contributed by atoms with van der Waals surface area (Å²) in [7, 11) is 3.36. The molecule has 1 rings (SSSR count). The molecule has 0 bridgehead atoms. The second-order valence-electron chi connectivity index (χ2n) is 4.40. The van der Waals surface area contributed by atoms with Gasteiger partial charge in [0.1, 0.15) is 0 Å². The molecule has 0 heterocycles. The third kappa shape index (κ3) is 3.19. The van der Waals surface area contributed by atoms with Gasteiger partial charge in [0.25, 0.3) is 0 Å². The van der Waals surface area contributed by atoms with Crippen molar-refractivity contribution < 1.29 is 9.13 Å². The van der Waals surface area contributed by atoms with Gasteiger partial charge in [-0.3, -0.25) is 0 Å². The first-order valence-electron chi connectivity index (χ1n) is 6.15. The van der Waals surface area contributed by atoms with Crippen LogP contribution in [-0.2, 0) is 0 Å². The topological polar surface area (TPSA) is 21.3 Å². The minimum absolute atomic E-state index is 0.0325. The van der Waals surface area contributed by atoms with Crippen molar-refractivity contribution in [3.8, 4) is 5.75 Å². The van der Waals surface area contributed by atoms with Crippen molar-refractivity contribution in [2.75, 3.05) is 14.2 Å². The number of rotatable bonds is 6. The maximum absolute atomic E-state index is 14.1. The molecule has 0 aliphatic heterocycles. The van der Waals surface area contributed by atoms with Crippen molar-refractivity contribution in [1.29, 1.82) is 0 Å². The van der Waals surface area contributed by atoms with E-state index in [1.807, 2.05) is 19.2 Å². The predicted molar refractivity (Wildman–Crippen MR) is 68.8 cm³/mol. The first kappa shape index (κ1) is 14.0. The minimum Gasteiger partial charge on any atom is -0.494 e. The van der Waals surface area contributed by atoms with Gasteiger partial charge in [0.2, 0.25) is 0 Å². The van der Waals surface area contributed by atoms with E-state index in [-0.39, 0.29) is 11.9 Å². The van der Waals surface area contributed by atoms with Crippen molar-refractivity contribution in [2.24, 2.45) is 5.92 Å². The summed E-state index contributed by atoms with van der Waals surface area (Å²) < 4.78 is 19.2. The van der Waals surface area contributed by atoms with Gasteiger partial charge in [-0.1, -0.05) is 32.4 Å². The lowest BCUT2D eigenvalue weighted by atomic mass is 9.90. The lowest BCUT2D eigenvalue weighted by Crippen LogP contribution is -2.24. The summed E-state index contributed by atoms with van der Waals surface area (Å²) in [6.45, 7) is 4.29. The third-order valence-electron chi connectivity index (χ3n) is 3.17. The van der Waals surface area contributed by atoms with Crippen LogP contribution in [-0.4, -0.2) is 14.2 Å². The Balaban J connectivity index is 3.03. The van der Waals surface area contributed by atoms with E-state index in [4.69, 9.17) is 4.74 Å². The average Bonchev–Trinajstić information content (AvgIpc) is 2.32. The smallest absolute Gasteiger partial charge is 0.169 e. The van der Waals surface area contributed by atoms with E-state index in [1.54, 1.807) is 6.07 Å². The second-order valence-corrected chi connectivity index (χ2v) is 4.40. The molecule has 2 unspecified atom stereocenters. The SMILES string of the molecule is CCCC(C)C(NC)c1cccc(OC)c1F. The largest absolute Gasteiger partial charge is 0.494 e. The summed E-state index contributed by atoms with van der Waals surface area (Å²) in [6.07, 6.45) is 2.17. The fourth-order valence-electron chi connectivity index (χ4n) is 2.29. The quantitative estimate of drug-likeness (QED) is 0.820. The van der Waals surface area contributed by atoms with E-state index in [1.165, 1.54) is 7.11 Å². The molecule has 3 heteroatoms. The number of hydrogen-bond acceptors (Lipinski definition) is 2. The lowest BCUT2D eigenvalue weighted by molar-refractivity contribution is 0.353. The maximum Gasteiger partial charge on any atom is 0.169 e. The highest BCUT2D eigenvalue weighted by molar-refractivity contribution is 5.33. The number of benzene rings is 1. The van der Waals surface area contributed by atoms with E-state index in [2.05, 4.69) is 19.2 Å². The van der Waals surface area contributed by atoms with Crippen molar-refractivity contribution in [2.45, 2.75) is 32.7 Å². The van der Waals surface area contributed by atoms with Crippen LogP contribution in [0.25, 0.3) is 0 Å². The Kier molecular flexibility index (Phi) is 5.42. The Labute approximate surface area is 103 Å². The van der Waals surface area contributed by atoms with Crippen LogP contribution in [0.2, 0.25) is 0 Å². The van der Waals surface area contributed by atoms with Gasteiger partial charge < -0.3 is 10.1 Å². The van der Waals surface area contributed by atoms with E-state index < -0.39 is 0 Å². The fourth-order valence-corrected chi connectivity index (χ4v) is 2.29. The van der Waals surface area contributed by atoms with Crippen molar-refractivity contribution in [3.05, 3.63) is 29.6 Å². The first-order valence-corrected chi connectivity index (χ1v) is 6.15. The monoisotopic (exact) mass is 239 g/mol. The highest BCUT2D eigenvalue weighted by atomic mass is 19.1. The fraction of sp³-hybridized carbons (Fsp3) is 0.571. The number of nitrogens with one attached hydrogen (secondary N) is 1. The second kappa shape index (κ2) is 6.60. The van der Waals surface area contributed by atoms with Crippen molar-refractivity contribution in [3.63, 3.8) is 0 Å². The summed E-state index contributed by atoms with van der Waals surface area (Å²) in [6, 6.07) is 5.34. The predicted octanol–water partition coefficient (Wildman–Crippen LogP) is 3.53. The molecular weight excluding hydrogens is 217 g/mol. The highest BCUT2D eigenvalue weighted by Gasteiger charge is 2.21. The maximum atomic E-state index is 14.1. The molecule has 17 heavy (non-hydrogen) atoms. The summed E-state index contributed by atoms with van der Waals surface area (Å²) in [4.78, 5) is 0. The molecule has 2 nitrogen and oxygen atoms in total. The summed E-state index contributed by atoms with van der Waals surface area (Å²) in [5.74, 6) is 0.454. The van der Waals surface area contributed by atoms with Crippen LogP contribution in [0.5, 0.6) is 5.75 Å². The Hall–Kier alpha value is -1.09. The Morgan fingerprint density at radius 1 is 1.41 bits per heavy atom. The van der Waals surface area contributed by atoms with Gasteiger partial charge in [0.15, 0.2) is 11.6 Å². The third-order valence-corrected chi connectivity index (χ3v) is 3.17. The van der Waals surface area contributed by atoms with Crippen LogP contribution < -0.4 is 10.1 Å². The van der Waals surface area contributed by atoms with Gasteiger partial charge in [-0.05, 0) is 25.5 Å². The van der Waals surface area contributed by atoms with Gasteiger partial charge in [-0.15, -0.1) is 0 Å². The molecule has 0 aliphatic rings. The molecule has 0 aromatic heterocycles. The highest BCUT2D eigenvalue weighted by Crippen LogP contribution is 2.30. The molecule has 0 saturated carbocycles. The van der Waals surface area contributed by atoms with Gasteiger partial charge >= 0.3 is 0 Å². The summed E-state index contributed by atoms with van der Waals surface area (Å²) in [5, 5.41) is 3.20. The van der Waals surface area contributed by atoms with Crippen LogP contribution in [0.1, 0.15) is 38.3 Å². The van der Waals surface area contributed by atoms with Crippen LogP contribution in [0, 0.1) is 11.7 Å². The van der Waals surface area contributed by atoms with Gasteiger partial charge in [-0.25, -0.2) is 4.39 Å². The molecule has 96 valence electrons. The average molecular weight is 239 g/mol. The number of hydrogen-bond donors (Lipinski definition) is 1.